The van der Waals surface area contributed by atoms with Crippen LogP contribution in [0, 0.1) is 0 Å². The Morgan fingerprint density at radius 1 is 1.19 bits per heavy atom. The minimum Gasteiger partial charge on any atom is -0.493 e. The van der Waals surface area contributed by atoms with Gasteiger partial charge in [0.15, 0.2) is 35.7 Å². The molecule has 1 aromatic heterocycles. The second-order valence-electron chi connectivity index (χ2n) is 8.68. The van der Waals surface area contributed by atoms with Crippen LogP contribution in [0.1, 0.15) is 39.4 Å². The number of aryl methyl sites for hydroxylation is 1. The Balaban J connectivity index is 1.38. The zero-order valence-electron chi connectivity index (χ0n) is 21.0. The summed E-state index contributed by atoms with van der Waals surface area (Å²) in [5.41, 5.74) is 3.30. The van der Waals surface area contributed by atoms with Crippen LogP contribution < -0.4 is 19.7 Å². The SMILES string of the molecule is COc1cc(C=O)c(N=CC2Cc3ccccc3N2C)cc1OCCCC(=O)Nc1cn(C)c(C=O)n1. The van der Waals surface area contributed by atoms with E-state index in [0.717, 1.165) is 12.7 Å². The average Bonchev–Trinajstić information content (AvgIpc) is 3.43. The van der Waals surface area contributed by atoms with Gasteiger partial charge in [-0.3, -0.25) is 19.4 Å². The van der Waals surface area contributed by atoms with Crippen LogP contribution in [0.3, 0.4) is 0 Å². The molecular formula is C27H29N5O5. The Labute approximate surface area is 214 Å². The summed E-state index contributed by atoms with van der Waals surface area (Å²) in [4.78, 5) is 45.7. The van der Waals surface area contributed by atoms with Gasteiger partial charge in [0, 0.05) is 50.2 Å². The summed E-state index contributed by atoms with van der Waals surface area (Å²) >= 11 is 0. The molecule has 4 rings (SSSR count). The van der Waals surface area contributed by atoms with Gasteiger partial charge in [0.2, 0.25) is 5.91 Å². The van der Waals surface area contributed by atoms with Gasteiger partial charge < -0.3 is 24.3 Å². The number of nitrogens with zero attached hydrogens (tertiary/aromatic N) is 4. The van der Waals surface area contributed by atoms with Gasteiger partial charge >= 0.3 is 0 Å². The lowest BCUT2D eigenvalue weighted by Gasteiger charge is -2.19. The predicted octanol–water partition coefficient (Wildman–Crippen LogP) is 3.61. The third-order valence-electron chi connectivity index (χ3n) is 6.21. The highest BCUT2D eigenvalue weighted by atomic mass is 16.5. The number of rotatable bonds is 11. The predicted molar refractivity (Wildman–Crippen MR) is 141 cm³/mol. The van der Waals surface area contributed by atoms with Crippen LogP contribution in [0.15, 0.2) is 47.6 Å². The molecule has 1 amide bonds. The molecule has 1 aliphatic heterocycles. The highest BCUT2D eigenvalue weighted by molar-refractivity contribution is 5.90. The molecule has 1 unspecified atom stereocenters. The second-order valence-corrected chi connectivity index (χ2v) is 8.68. The van der Waals surface area contributed by atoms with Crippen molar-refractivity contribution in [3.05, 3.63) is 59.5 Å². The van der Waals surface area contributed by atoms with Gasteiger partial charge in [0.25, 0.3) is 0 Å². The van der Waals surface area contributed by atoms with Crippen molar-refractivity contribution >= 4 is 41.9 Å². The molecule has 0 spiro atoms. The smallest absolute Gasteiger partial charge is 0.225 e. The Bertz CT molecular complexity index is 1330. The number of anilines is 2. The standard InChI is InChI=1S/C27H29N5O5/c1-31-15-25(29-26(31)17-34)30-27(35)9-6-10-37-24-13-21(19(16-33)12-23(24)36-3)28-14-20-11-18-7-4-5-8-22(18)32(20)2/h4-5,7-8,12-17,20H,6,9-11H2,1-3H3,(H,30,35). The van der Waals surface area contributed by atoms with E-state index in [0.29, 0.717) is 41.3 Å². The van der Waals surface area contributed by atoms with Crippen LogP contribution in [-0.4, -0.2) is 61.1 Å². The summed E-state index contributed by atoms with van der Waals surface area (Å²) in [7, 11) is 5.20. The number of imidazole rings is 1. The van der Waals surface area contributed by atoms with E-state index >= 15 is 0 Å². The lowest BCUT2D eigenvalue weighted by Crippen LogP contribution is -2.28. The highest BCUT2D eigenvalue weighted by Crippen LogP contribution is 2.35. The number of methoxy groups -OCH3 is 1. The number of carbonyl (C=O) groups excluding carboxylic acids is 3. The molecule has 37 heavy (non-hydrogen) atoms. The van der Waals surface area contributed by atoms with Gasteiger partial charge in [-0.25, -0.2) is 4.98 Å². The van der Waals surface area contributed by atoms with Gasteiger partial charge in [-0.2, -0.15) is 0 Å². The normalized spacial score (nSPS) is 14.5. The van der Waals surface area contributed by atoms with Crippen molar-refractivity contribution in [1.82, 2.24) is 9.55 Å². The molecule has 10 heteroatoms. The molecule has 0 saturated heterocycles. The Morgan fingerprint density at radius 2 is 2.00 bits per heavy atom. The number of carbonyl (C=O) groups is 3. The molecule has 0 bridgehead atoms. The molecule has 0 radical (unpaired) electrons. The van der Waals surface area contributed by atoms with Crippen molar-refractivity contribution in [3.8, 4) is 11.5 Å². The Morgan fingerprint density at radius 3 is 2.70 bits per heavy atom. The van der Waals surface area contributed by atoms with Crippen molar-refractivity contribution in [2.45, 2.75) is 25.3 Å². The molecule has 192 valence electrons. The highest BCUT2D eigenvalue weighted by Gasteiger charge is 2.24. The van der Waals surface area contributed by atoms with Gasteiger partial charge in [-0.1, -0.05) is 18.2 Å². The minimum atomic E-state index is -0.241. The second kappa shape index (κ2) is 11.5. The number of nitrogens with one attached hydrogen (secondary N) is 1. The first kappa shape index (κ1) is 25.6. The molecule has 1 aliphatic rings. The number of amides is 1. The number of likely N-dealkylation sites (N-methyl/N-ethyl adjacent to an activating group) is 1. The van der Waals surface area contributed by atoms with Gasteiger partial charge in [-0.15, -0.1) is 0 Å². The Kier molecular flexibility index (Phi) is 7.97. The van der Waals surface area contributed by atoms with Gasteiger partial charge in [0.05, 0.1) is 25.4 Å². The molecular weight excluding hydrogens is 474 g/mol. The maximum absolute atomic E-state index is 12.2. The summed E-state index contributed by atoms with van der Waals surface area (Å²) in [6, 6.07) is 11.6. The number of aromatic nitrogens is 2. The number of aldehydes is 2. The molecule has 3 aromatic rings. The molecule has 0 saturated carbocycles. The van der Waals surface area contributed by atoms with Crippen molar-refractivity contribution in [3.63, 3.8) is 0 Å². The number of hydrogen-bond acceptors (Lipinski definition) is 8. The first-order valence-corrected chi connectivity index (χ1v) is 11.9. The largest absolute Gasteiger partial charge is 0.493 e. The van der Waals surface area contributed by atoms with E-state index in [-0.39, 0.29) is 30.8 Å². The number of aliphatic imine (C=N–C) groups is 1. The summed E-state index contributed by atoms with van der Waals surface area (Å²) in [6.45, 7) is 0.246. The van der Waals surface area contributed by atoms with Crippen LogP contribution in [-0.2, 0) is 18.3 Å². The lowest BCUT2D eigenvalue weighted by molar-refractivity contribution is -0.116. The van der Waals surface area contributed by atoms with Gasteiger partial charge in [0.1, 0.15) is 0 Å². The topological polar surface area (TPSA) is 115 Å². The third-order valence-corrected chi connectivity index (χ3v) is 6.21. The summed E-state index contributed by atoms with van der Waals surface area (Å²) in [6.07, 6.45) is 6.24. The number of benzene rings is 2. The van der Waals surface area contributed by atoms with E-state index in [1.807, 2.05) is 25.4 Å². The van der Waals surface area contributed by atoms with E-state index in [1.54, 1.807) is 25.4 Å². The van der Waals surface area contributed by atoms with E-state index in [4.69, 9.17) is 9.47 Å². The molecule has 1 atom stereocenters. The fourth-order valence-electron chi connectivity index (χ4n) is 4.20. The van der Waals surface area contributed by atoms with Crippen molar-refractivity contribution in [2.75, 3.05) is 31.0 Å². The van der Waals surface area contributed by atoms with Crippen LogP contribution >= 0.6 is 0 Å². The van der Waals surface area contributed by atoms with Crippen LogP contribution in [0.4, 0.5) is 17.2 Å². The minimum absolute atomic E-state index is 0.0728. The van der Waals surface area contributed by atoms with E-state index < -0.39 is 0 Å². The quantitative estimate of drug-likeness (QED) is 0.241. The van der Waals surface area contributed by atoms with E-state index in [9.17, 15) is 14.4 Å². The number of ether oxygens (including phenoxy) is 2. The molecule has 2 heterocycles. The fraction of sp³-hybridized carbons (Fsp3) is 0.296. The summed E-state index contributed by atoms with van der Waals surface area (Å²) in [5, 5.41) is 2.66. The van der Waals surface area contributed by atoms with Crippen molar-refractivity contribution < 1.29 is 23.9 Å². The number of fused-ring (bicyclic) bond motifs is 1. The number of para-hydroxylation sites is 1. The lowest BCUT2D eigenvalue weighted by atomic mass is 10.1. The Hall–Kier alpha value is -4.47. The van der Waals surface area contributed by atoms with E-state index in [2.05, 4.69) is 32.3 Å². The molecule has 1 N–H and O–H groups in total. The molecule has 2 aromatic carbocycles. The molecule has 0 fully saturated rings. The first-order chi connectivity index (χ1) is 17.9. The van der Waals surface area contributed by atoms with Gasteiger partial charge in [-0.05, 0) is 30.5 Å². The maximum Gasteiger partial charge on any atom is 0.225 e. The van der Waals surface area contributed by atoms with Crippen LogP contribution in [0.25, 0.3) is 0 Å². The maximum atomic E-state index is 12.2. The first-order valence-electron chi connectivity index (χ1n) is 11.9. The van der Waals surface area contributed by atoms with Crippen LogP contribution in [0.2, 0.25) is 0 Å². The molecule has 10 nitrogen and oxygen atoms in total. The zero-order chi connectivity index (χ0) is 26.4. The van der Waals surface area contributed by atoms with E-state index in [1.165, 1.54) is 22.9 Å². The third kappa shape index (κ3) is 5.85. The summed E-state index contributed by atoms with van der Waals surface area (Å²) in [5.74, 6) is 1.15. The fourth-order valence-corrected chi connectivity index (χ4v) is 4.20. The van der Waals surface area contributed by atoms with Crippen LogP contribution in [0.5, 0.6) is 11.5 Å². The molecule has 0 aliphatic carbocycles. The zero-order valence-corrected chi connectivity index (χ0v) is 21.0. The number of hydrogen-bond donors (Lipinski definition) is 1. The summed E-state index contributed by atoms with van der Waals surface area (Å²) < 4.78 is 12.8. The average molecular weight is 504 g/mol. The van der Waals surface area contributed by atoms with Crippen molar-refractivity contribution in [2.24, 2.45) is 12.0 Å². The monoisotopic (exact) mass is 503 g/mol. The van der Waals surface area contributed by atoms with Crippen molar-refractivity contribution in [1.29, 1.82) is 0 Å².